The van der Waals surface area contributed by atoms with Gasteiger partial charge in [-0.2, -0.15) is 0 Å². The fraction of sp³-hybridized carbons (Fsp3) is 0.211. The predicted molar refractivity (Wildman–Crippen MR) is 95.8 cm³/mol. The molecule has 2 nitrogen and oxygen atoms in total. The molecule has 1 heterocycles. The van der Waals surface area contributed by atoms with Gasteiger partial charge in [0.2, 0.25) is 0 Å². The molecule has 0 atom stereocenters. The zero-order chi connectivity index (χ0) is 15.6. The molecule has 0 aliphatic rings. The maximum atomic E-state index is 4.79. The van der Waals surface area contributed by atoms with E-state index in [1.165, 1.54) is 15.8 Å². The highest BCUT2D eigenvalue weighted by Gasteiger charge is 2.45. The molecule has 2 aromatic carbocycles. The van der Waals surface area contributed by atoms with Crippen molar-refractivity contribution in [2.24, 2.45) is 7.05 Å². The molecule has 3 rings (SSSR count). The summed E-state index contributed by atoms with van der Waals surface area (Å²) in [5.74, 6) is 0. The lowest BCUT2D eigenvalue weighted by Gasteiger charge is -2.35. The van der Waals surface area contributed by atoms with Gasteiger partial charge in [-0.25, -0.2) is 4.98 Å². The van der Waals surface area contributed by atoms with Gasteiger partial charge in [0.15, 0.2) is 8.07 Å². The molecule has 0 saturated heterocycles. The van der Waals surface area contributed by atoms with Crippen LogP contribution in [-0.2, 0) is 7.05 Å². The van der Waals surface area contributed by atoms with Crippen molar-refractivity contribution in [2.45, 2.75) is 19.4 Å². The van der Waals surface area contributed by atoms with Crippen LogP contribution in [0.3, 0.4) is 0 Å². The highest BCUT2D eigenvalue weighted by atomic mass is 28.3. The topological polar surface area (TPSA) is 17.8 Å². The van der Waals surface area contributed by atoms with Gasteiger partial charge >= 0.3 is 0 Å². The normalized spacial score (nSPS) is 11.8. The maximum absolute atomic E-state index is 4.79. The van der Waals surface area contributed by atoms with E-state index in [0.29, 0.717) is 5.54 Å². The van der Waals surface area contributed by atoms with Crippen molar-refractivity contribution in [2.75, 3.05) is 0 Å². The van der Waals surface area contributed by atoms with E-state index < -0.39 is 8.07 Å². The van der Waals surface area contributed by atoms with E-state index in [2.05, 4.69) is 92.3 Å². The lowest BCUT2D eigenvalue weighted by Crippen LogP contribution is -2.71. The van der Waals surface area contributed by atoms with E-state index in [1.807, 2.05) is 6.20 Å². The number of hydrogen-bond acceptors (Lipinski definition) is 1. The average molecular weight is 306 g/mol. The average Bonchev–Trinajstić information content (AvgIpc) is 2.97. The van der Waals surface area contributed by atoms with Gasteiger partial charge in [0.1, 0.15) is 0 Å². The van der Waals surface area contributed by atoms with Gasteiger partial charge in [0, 0.05) is 19.4 Å². The summed E-state index contributed by atoms with van der Waals surface area (Å²) in [4.78, 5) is 4.79. The molecular weight excluding hydrogens is 284 g/mol. The molecule has 0 aliphatic heterocycles. The number of benzene rings is 2. The number of nitrogens with zero attached hydrogens (tertiary/aromatic N) is 2. The van der Waals surface area contributed by atoms with Crippen molar-refractivity contribution in [1.29, 1.82) is 0 Å². The van der Waals surface area contributed by atoms with Crippen molar-refractivity contribution in [3.8, 4) is 0 Å². The van der Waals surface area contributed by atoms with E-state index in [-0.39, 0.29) is 0 Å². The van der Waals surface area contributed by atoms with Gasteiger partial charge in [-0.05, 0) is 15.9 Å². The third-order valence-corrected chi connectivity index (χ3v) is 9.91. The van der Waals surface area contributed by atoms with Crippen LogP contribution in [0.2, 0.25) is 5.54 Å². The van der Waals surface area contributed by atoms with Crippen LogP contribution in [0.15, 0.2) is 73.1 Å². The van der Waals surface area contributed by atoms with Crippen molar-refractivity contribution in [3.63, 3.8) is 0 Å². The van der Waals surface area contributed by atoms with Gasteiger partial charge in [-0.3, -0.25) is 0 Å². The fourth-order valence-corrected chi connectivity index (χ4v) is 8.54. The molecule has 22 heavy (non-hydrogen) atoms. The second-order valence-electron chi connectivity index (χ2n) is 6.06. The van der Waals surface area contributed by atoms with Gasteiger partial charge < -0.3 is 4.57 Å². The number of aryl methyl sites for hydroxylation is 1. The maximum Gasteiger partial charge on any atom is 0.195 e. The van der Waals surface area contributed by atoms with Crippen LogP contribution in [0.5, 0.6) is 0 Å². The number of rotatable bonds is 4. The Hall–Kier alpha value is -2.13. The highest BCUT2D eigenvalue weighted by Crippen LogP contribution is 2.20. The molecule has 0 bridgehead atoms. The van der Waals surface area contributed by atoms with Crippen LogP contribution in [-0.4, -0.2) is 17.6 Å². The Morgan fingerprint density at radius 3 is 1.73 bits per heavy atom. The molecule has 0 aliphatic carbocycles. The number of aromatic nitrogens is 2. The predicted octanol–water partition coefficient (Wildman–Crippen LogP) is 2.30. The van der Waals surface area contributed by atoms with Crippen LogP contribution < -0.4 is 15.8 Å². The number of imidazole rings is 1. The van der Waals surface area contributed by atoms with Crippen molar-refractivity contribution in [1.82, 2.24) is 9.55 Å². The summed E-state index contributed by atoms with van der Waals surface area (Å²) < 4.78 is 2.20. The van der Waals surface area contributed by atoms with Gasteiger partial charge in [0.25, 0.3) is 0 Å². The monoisotopic (exact) mass is 306 g/mol. The van der Waals surface area contributed by atoms with Gasteiger partial charge in [-0.15, -0.1) is 0 Å². The summed E-state index contributed by atoms with van der Waals surface area (Å²) >= 11 is 0. The molecular formula is C19H22N2Si. The summed E-state index contributed by atoms with van der Waals surface area (Å²) in [6.45, 7) is 4.67. The van der Waals surface area contributed by atoms with E-state index in [0.717, 1.165) is 0 Å². The van der Waals surface area contributed by atoms with Crippen LogP contribution in [0.25, 0.3) is 0 Å². The van der Waals surface area contributed by atoms with E-state index in [1.54, 1.807) is 0 Å². The van der Waals surface area contributed by atoms with Crippen molar-refractivity contribution < 1.29 is 0 Å². The minimum Gasteiger partial charge on any atom is -0.341 e. The molecule has 0 saturated carbocycles. The molecule has 0 N–H and O–H groups in total. The quantitative estimate of drug-likeness (QED) is 0.676. The highest BCUT2D eigenvalue weighted by molar-refractivity contribution is 7.11. The Kier molecular flexibility index (Phi) is 3.99. The summed E-state index contributed by atoms with van der Waals surface area (Å²) in [5, 5.41) is 2.84. The van der Waals surface area contributed by atoms with E-state index in [4.69, 9.17) is 4.98 Å². The van der Waals surface area contributed by atoms with Gasteiger partial charge in [0.05, 0.1) is 5.45 Å². The molecule has 1 aromatic heterocycles. The van der Waals surface area contributed by atoms with Crippen LogP contribution >= 0.6 is 0 Å². The van der Waals surface area contributed by atoms with Crippen LogP contribution in [0, 0.1) is 0 Å². The first kappa shape index (κ1) is 14.8. The third-order valence-electron chi connectivity index (χ3n) is 4.50. The Balaban J connectivity index is 2.37. The Labute approximate surface area is 133 Å². The fourth-order valence-electron chi connectivity index (χ4n) is 3.50. The van der Waals surface area contributed by atoms with E-state index >= 15 is 0 Å². The third kappa shape index (κ3) is 2.22. The SMILES string of the molecule is CC(C)[Si](c1ccccc1)(c1ccccc1)c1nccn1C. The summed E-state index contributed by atoms with van der Waals surface area (Å²) in [6, 6.07) is 21.8. The Morgan fingerprint density at radius 2 is 1.36 bits per heavy atom. The lowest BCUT2D eigenvalue weighted by molar-refractivity contribution is 0.930. The molecule has 0 spiro atoms. The molecule has 0 fully saturated rings. The molecule has 0 radical (unpaired) electrons. The minimum absolute atomic E-state index is 0.512. The lowest BCUT2D eigenvalue weighted by atomic mass is 10.4. The summed E-state index contributed by atoms with van der Waals surface area (Å²) in [6.07, 6.45) is 3.98. The van der Waals surface area contributed by atoms with Crippen molar-refractivity contribution >= 4 is 23.9 Å². The summed E-state index contributed by atoms with van der Waals surface area (Å²) in [5.41, 5.74) is 1.73. The summed E-state index contributed by atoms with van der Waals surface area (Å²) in [7, 11) is -0.0322. The van der Waals surface area contributed by atoms with Crippen LogP contribution in [0.1, 0.15) is 13.8 Å². The van der Waals surface area contributed by atoms with Crippen LogP contribution in [0.4, 0.5) is 0 Å². The zero-order valence-electron chi connectivity index (χ0n) is 13.4. The Morgan fingerprint density at radius 1 is 0.864 bits per heavy atom. The Bertz CT molecular complexity index is 693. The van der Waals surface area contributed by atoms with Gasteiger partial charge in [-0.1, -0.05) is 74.5 Å². The first-order valence-electron chi connectivity index (χ1n) is 7.76. The molecule has 112 valence electrons. The second kappa shape index (κ2) is 5.93. The largest absolute Gasteiger partial charge is 0.341 e. The standard InChI is InChI=1S/C19H22N2Si/c1-16(2)22(17-10-6-4-7-11-17,18-12-8-5-9-13-18)19-20-14-15-21(19)3/h4-16H,1-3H3. The zero-order valence-corrected chi connectivity index (χ0v) is 14.4. The molecule has 3 aromatic rings. The molecule has 0 amide bonds. The minimum atomic E-state index is -2.14. The number of hydrogen-bond donors (Lipinski definition) is 0. The second-order valence-corrected chi connectivity index (χ2v) is 10.4. The smallest absolute Gasteiger partial charge is 0.195 e. The van der Waals surface area contributed by atoms with Crippen molar-refractivity contribution in [3.05, 3.63) is 73.1 Å². The van der Waals surface area contributed by atoms with E-state index in [9.17, 15) is 0 Å². The molecule has 0 unspecified atom stereocenters. The molecule has 3 heteroatoms. The first-order valence-corrected chi connectivity index (χ1v) is 9.84. The first-order chi connectivity index (χ1) is 10.7.